The van der Waals surface area contributed by atoms with Crippen molar-refractivity contribution < 1.29 is 174 Å². The molecule has 0 amide bonds. The quantitative estimate of drug-likeness (QED) is 0.356. The summed E-state index contributed by atoms with van der Waals surface area (Å²) < 4.78 is 9.22. The molecule has 0 aliphatic carbocycles. The van der Waals surface area contributed by atoms with Gasteiger partial charge in [0.05, 0.1) is 6.35 Å². The van der Waals surface area contributed by atoms with Crippen LogP contribution >= 0.6 is 7.60 Å². The zero-order chi connectivity index (χ0) is 5.21. The van der Waals surface area contributed by atoms with Gasteiger partial charge in [-0.3, -0.25) is 0 Å². The summed E-state index contributed by atoms with van der Waals surface area (Å²) in [6.07, 6.45) is -1.28. The second-order valence-electron chi connectivity index (χ2n) is 0.752. The fraction of sp³-hybridized carbons (Fsp3) is 1.00. The number of hydrogen-bond acceptors (Lipinski definition) is 4. The van der Waals surface area contributed by atoms with Crippen LogP contribution in [0.2, 0.25) is 0 Å². The molecule has 0 atom stereocenters. The first-order valence-corrected chi connectivity index (χ1v) is 2.91. The number of rotatable bonds is 1. The Kier molecular flexibility index (Phi) is 34.2. The fourth-order valence-corrected chi connectivity index (χ4v) is 0. The van der Waals surface area contributed by atoms with Gasteiger partial charge in [-0.05, 0) is 7.60 Å². The van der Waals surface area contributed by atoms with E-state index in [-0.39, 0.29) is 154 Å². The number of hydrogen-bond donors (Lipinski definition) is 1. The first-order chi connectivity index (χ1) is 2.56. The molecule has 0 aromatic carbocycles. The van der Waals surface area contributed by atoms with Crippen LogP contribution in [-0.4, -0.2) is 11.5 Å². The van der Waals surface area contributed by atoms with E-state index in [0.717, 1.165) is 0 Å². The first-order valence-electron chi connectivity index (χ1n) is 1.18. The van der Waals surface area contributed by atoms with Gasteiger partial charge >= 0.3 is 154 Å². The summed E-state index contributed by atoms with van der Waals surface area (Å²) in [5.74, 6) is 0. The van der Waals surface area contributed by atoms with Crippen LogP contribution in [0.3, 0.4) is 0 Å². The minimum atomic E-state index is -4.59. The number of aliphatic hydroxyl groups excluding tert-OH is 1. The molecular formula is CH3K3O4P+. The minimum absolute atomic E-state index is 0. The molecular weight excluding hydrogens is 224 g/mol. The van der Waals surface area contributed by atoms with E-state index in [2.05, 4.69) is 0 Å². The predicted octanol–water partition coefficient (Wildman–Crippen LogP) is -11.1. The maximum absolute atomic E-state index is 9.22. The second kappa shape index (κ2) is 13.0. The normalized spacial score (nSPS) is 7.89. The molecule has 0 fully saturated rings. The van der Waals surface area contributed by atoms with Gasteiger partial charge in [-0.15, -0.1) is 0 Å². The van der Waals surface area contributed by atoms with E-state index in [1.165, 1.54) is 0 Å². The topological polar surface area (TPSA) is 83.4 Å². The van der Waals surface area contributed by atoms with Crippen LogP contribution in [0.5, 0.6) is 0 Å². The molecule has 0 spiro atoms. The Bertz CT molecular complexity index is 79.9. The van der Waals surface area contributed by atoms with Gasteiger partial charge in [0.1, 0.15) is 0 Å². The average molecular weight is 227 g/mol. The van der Waals surface area contributed by atoms with Crippen molar-refractivity contribution in [2.75, 3.05) is 6.35 Å². The van der Waals surface area contributed by atoms with E-state index in [0.29, 0.717) is 0 Å². The Morgan fingerprint density at radius 2 is 1.33 bits per heavy atom. The van der Waals surface area contributed by atoms with Gasteiger partial charge in [0.25, 0.3) is 0 Å². The largest absolute Gasteiger partial charge is 1.00 e. The number of aliphatic hydroxyl groups is 1. The van der Waals surface area contributed by atoms with Gasteiger partial charge in [-0.1, -0.05) is 0 Å². The van der Waals surface area contributed by atoms with E-state index in [9.17, 15) is 14.4 Å². The van der Waals surface area contributed by atoms with Crippen molar-refractivity contribution in [2.24, 2.45) is 0 Å². The molecule has 9 heavy (non-hydrogen) atoms. The van der Waals surface area contributed by atoms with Crippen LogP contribution < -0.4 is 164 Å². The van der Waals surface area contributed by atoms with E-state index < -0.39 is 13.9 Å². The van der Waals surface area contributed by atoms with E-state index in [4.69, 9.17) is 5.11 Å². The minimum Gasteiger partial charge on any atom is -0.809 e. The van der Waals surface area contributed by atoms with E-state index in [1.807, 2.05) is 0 Å². The van der Waals surface area contributed by atoms with Crippen molar-refractivity contribution in [1.82, 2.24) is 0 Å². The van der Waals surface area contributed by atoms with E-state index >= 15 is 0 Å². The van der Waals surface area contributed by atoms with Gasteiger partial charge in [-0.25, -0.2) is 0 Å². The third kappa shape index (κ3) is 24.6. The Labute approximate surface area is 181 Å². The molecule has 0 aromatic heterocycles. The zero-order valence-corrected chi connectivity index (χ0v) is 16.1. The zero-order valence-electron chi connectivity index (χ0n) is 5.83. The standard InChI is InChI=1S/CH5O4P.3K/c2-1-6(3,4)5;;;/h2H,1H2,(H2,3,4,5);;;/q;3*+1/p-2. The molecule has 38 valence electrons. The van der Waals surface area contributed by atoms with Crippen LogP contribution in [-0.2, 0) is 4.57 Å². The van der Waals surface area contributed by atoms with Gasteiger partial charge in [-0.2, -0.15) is 0 Å². The SMILES string of the molecule is O=P([O-])([O-])CO.[K+].[K+].[K+]. The van der Waals surface area contributed by atoms with Crippen LogP contribution in [0.4, 0.5) is 0 Å². The summed E-state index contributed by atoms with van der Waals surface area (Å²) in [7, 11) is -4.59. The molecule has 0 rings (SSSR count). The smallest absolute Gasteiger partial charge is 0.809 e. The van der Waals surface area contributed by atoms with Gasteiger partial charge in [0.15, 0.2) is 0 Å². The van der Waals surface area contributed by atoms with Crippen molar-refractivity contribution in [3.8, 4) is 0 Å². The van der Waals surface area contributed by atoms with Gasteiger partial charge in [0.2, 0.25) is 0 Å². The maximum Gasteiger partial charge on any atom is 1.00 e. The molecule has 0 saturated carbocycles. The van der Waals surface area contributed by atoms with Crippen LogP contribution in [0.25, 0.3) is 0 Å². The summed E-state index contributed by atoms with van der Waals surface area (Å²) in [6.45, 7) is 0. The second-order valence-corrected chi connectivity index (χ2v) is 2.26. The molecule has 1 N–H and O–H groups in total. The summed E-state index contributed by atoms with van der Waals surface area (Å²) in [6, 6.07) is 0. The maximum atomic E-state index is 9.22. The molecule has 0 aliphatic rings. The van der Waals surface area contributed by atoms with E-state index in [1.54, 1.807) is 0 Å². The van der Waals surface area contributed by atoms with Crippen molar-refractivity contribution in [3.05, 3.63) is 0 Å². The summed E-state index contributed by atoms with van der Waals surface area (Å²) in [4.78, 5) is 18.4. The summed E-state index contributed by atoms with van der Waals surface area (Å²) in [5, 5.41) is 7.51. The monoisotopic (exact) mass is 227 g/mol. The van der Waals surface area contributed by atoms with Crippen LogP contribution in [0.15, 0.2) is 0 Å². The Morgan fingerprint density at radius 1 is 1.22 bits per heavy atom. The molecule has 0 aromatic rings. The van der Waals surface area contributed by atoms with Crippen LogP contribution in [0, 0.1) is 0 Å². The average Bonchev–Trinajstić information content (AvgIpc) is 1.35. The molecule has 4 nitrogen and oxygen atoms in total. The Hall–Kier alpha value is 5.02. The van der Waals surface area contributed by atoms with Gasteiger partial charge in [0, 0.05) is 0 Å². The Morgan fingerprint density at radius 3 is 1.33 bits per heavy atom. The van der Waals surface area contributed by atoms with Crippen molar-refractivity contribution >= 4 is 7.60 Å². The molecule has 0 heterocycles. The third-order valence-corrected chi connectivity index (χ3v) is 0.520. The summed E-state index contributed by atoms with van der Waals surface area (Å²) in [5.41, 5.74) is 0. The molecule has 0 unspecified atom stereocenters. The van der Waals surface area contributed by atoms with Gasteiger partial charge < -0.3 is 19.5 Å². The fourth-order valence-electron chi connectivity index (χ4n) is 0. The van der Waals surface area contributed by atoms with Crippen molar-refractivity contribution in [2.45, 2.75) is 0 Å². The van der Waals surface area contributed by atoms with Crippen molar-refractivity contribution in [1.29, 1.82) is 0 Å². The summed E-state index contributed by atoms with van der Waals surface area (Å²) >= 11 is 0. The molecule has 0 saturated heterocycles. The molecule has 0 aliphatic heterocycles. The first kappa shape index (κ1) is 23.7. The molecule has 0 bridgehead atoms. The predicted molar refractivity (Wildman–Crippen MR) is 14.7 cm³/mol. The third-order valence-electron chi connectivity index (χ3n) is 0.173. The molecule has 0 radical (unpaired) electrons. The Balaban J connectivity index is -0.0000000417. The van der Waals surface area contributed by atoms with Crippen molar-refractivity contribution in [3.63, 3.8) is 0 Å². The molecule has 8 heteroatoms. The van der Waals surface area contributed by atoms with Crippen LogP contribution in [0.1, 0.15) is 0 Å².